The number of rotatable bonds is 5. The first-order valence-corrected chi connectivity index (χ1v) is 10.8. The van der Waals surface area contributed by atoms with Crippen molar-refractivity contribution in [3.63, 3.8) is 0 Å². The second kappa shape index (κ2) is 11.3. The van der Waals surface area contributed by atoms with Crippen molar-refractivity contribution in [2.24, 2.45) is 10.9 Å². The maximum Gasteiger partial charge on any atom is 0.289 e. The molecule has 1 saturated carbocycles. The fourth-order valence-electron chi connectivity index (χ4n) is 3.86. The summed E-state index contributed by atoms with van der Waals surface area (Å²) in [5.41, 5.74) is 1.90. The predicted octanol–water partition coefficient (Wildman–Crippen LogP) is 3.17. The highest BCUT2D eigenvalue weighted by atomic mass is 127. The molecule has 0 atom stereocenters. The fraction of sp³-hybridized carbons (Fsp3) is 0.435. The molecule has 2 heterocycles. The van der Waals surface area contributed by atoms with Gasteiger partial charge in [-0.15, -0.1) is 24.0 Å². The van der Waals surface area contributed by atoms with E-state index in [4.69, 9.17) is 4.42 Å². The zero-order chi connectivity index (χ0) is 21.6. The third-order valence-corrected chi connectivity index (χ3v) is 5.93. The van der Waals surface area contributed by atoms with Gasteiger partial charge in [-0.05, 0) is 42.7 Å². The number of furan rings is 1. The van der Waals surface area contributed by atoms with E-state index in [0.717, 1.165) is 36.5 Å². The van der Waals surface area contributed by atoms with Crippen molar-refractivity contribution in [1.82, 2.24) is 15.1 Å². The molecule has 9 heteroatoms. The van der Waals surface area contributed by atoms with Crippen LogP contribution in [0.4, 0.5) is 5.69 Å². The van der Waals surface area contributed by atoms with E-state index in [9.17, 15) is 9.59 Å². The smallest absolute Gasteiger partial charge is 0.289 e. The lowest BCUT2D eigenvalue weighted by Gasteiger charge is -2.36. The van der Waals surface area contributed by atoms with E-state index < -0.39 is 0 Å². The number of halogens is 1. The van der Waals surface area contributed by atoms with Crippen LogP contribution in [0.2, 0.25) is 0 Å². The molecule has 2 N–H and O–H groups in total. The van der Waals surface area contributed by atoms with Gasteiger partial charge in [0.1, 0.15) is 0 Å². The summed E-state index contributed by atoms with van der Waals surface area (Å²) in [6.45, 7) is 3.23. The molecule has 2 fully saturated rings. The number of aliphatic imine (C=N–C) groups is 1. The van der Waals surface area contributed by atoms with E-state index in [2.05, 4.69) is 20.5 Å². The van der Waals surface area contributed by atoms with Crippen LogP contribution in [0.5, 0.6) is 0 Å². The molecule has 4 rings (SSSR count). The average Bonchev–Trinajstić information content (AvgIpc) is 3.28. The number of nitrogens with one attached hydrogen (secondary N) is 2. The number of carbonyl (C=O) groups excluding carboxylic acids is 2. The lowest BCUT2D eigenvalue weighted by molar-refractivity contribution is -0.122. The van der Waals surface area contributed by atoms with Crippen molar-refractivity contribution in [3.8, 4) is 0 Å². The maximum atomic E-state index is 12.4. The largest absolute Gasteiger partial charge is 0.459 e. The summed E-state index contributed by atoms with van der Waals surface area (Å²) in [6, 6.07) is 11.3. The number of guanidine groups is 1. The summed E-state index contributed by atoms with van der Waals surface area (Å²) in [5.74, 6) is 1.38. The number of piperazine rings is 1. The van der Waals surface area contributed by atoms with Crippen molar-refractivity contribution in [2.75, 3.05) is 38.5 Å². The molecule has 2 amide bonds. The molecule has 0 radical (unpaired) electrons. The second-order valence-corrected chi connectivity index (χ2v) is 7.97. The van der Waals surface area contributed by atoms with Gasteiger partial charge >= 0.3 is 0 Å². The Hall–Kier alpha value is -2.56. The zero-order valence-electron chi connectivity index (χ0n) is 18.3. The van der Waals surface area contributed by atoms with Gasteiger partial charge < -0.3 is 24.9 Å². The van der Waals surface area contributed by atoms with E-state index >= 15 is 0 Å². The molecule has 32 heavy (non-hydrogen) atoms. The summed E-state index contributed by atoms with van der Waals surface area (Å²) >= 11 is 0. The van der Waals surface area contributed by atoms with Crippen molar-refractivity contribution in [3.05, 3.63) is 54.0 Å². The van der Waals surface area contributed by atoms with Gasteiger partial charge in [0, 0.05) is 51.4 Å². The Balaban J connectivity index is 0.00000289. The number of hydrogen-bond donors (Lipinski definition) is 2. The van der Waals surface area contributed by atoms with Crippen LogP contribution < -0.4 is 10.6 Å². The third kappa shape index (κ3) is 5.81. The van der Waals surface area contributed by atoms with E-state index in [1.807, 2.05) is 24.3 Å². The molecule has 172 valence electrons. The Morgan fingerprint density at radius 3 is 2.47 bits per heavy atom. The Morgan fingerprint density at radius 2 is 1.84 bits per heavy atom. The van der Waals surface area contributed by atoms with E-state index in [1.165, 1.54) is 6.26 Å². The molecular formula is C23H30IN5O3. The van der Waals surface area contributed by atoms with Gasteiger partial charge in [0.15, 0.2) is 11.7 Å². The van der Waals surface area contributed by atoms with Crippen molar-refractivity contribution < 1.29 is 14.0 Å². The number of hydrogen-bond acceptors (Lipinski definition) is 4. The molecule has 1 aliphatic heterocycles. The summed E-state index contributed by atoms with van der Waals surface area (Å²) in [7, 11) is 1.76. The van der Waals surface area contributed by atoms with E-state index in [1.54, 1.807) is 24.1 Å². The molecule has 0 spiro atoms. The number of anilines is 1. The monoisotopic (exact) mass is 551 g/mol. The quantitative estimate of drug-likeness (QED) is 0.339. The van der Waals surface area contributed by atoms with Crippen molar-refractivity contribution >= 4 is 47.4 Å². The summed E-state index contributed by atoms with van der Waals surface area (Å²) < 4.78 is 5.22. The molecule has 2 aromatic rings. The van der Waals surface area contributed by atoms with Gasteiger partial charge in [-0.25, -0.2) is 0 Å². The minimum Gasteiger partial charge on any atom is -0.459 e. The van der Waals surface area contributed by atoms with Crippen LogP contribution in [0.15, 0.2) is 52.1 Å². The van der Waals surface area contributed by atoms with Crippen LogP contribution in [0.1, 0.15) is 35.4 Å². The first-order chi connectivity index (χ1) is 15.1. The SMILES string of the molecule is CN=C(NCc1cccc(NC(=O)C2CCC2)c1)N1CCN(C(=O)c2ccco2)CC1.I. The van der Waals surface area contributed by atoms with E-state index in [0.29, 0.717) is 38.5 Å². The van der Waals surface area contributed by atoms with Gasteiger partial charge in [0.2, 0.25) is 5.91 Å². The molecule has 0 unspecified atom stereocenters. The van der Waals surface area contributed by atoms with Crippen molar-refractivity contribution in [1.29, 1.82) is 0 Å². The average molecular weight is 551 g/mol. The standard InChI is InChI=1S/C23H29N5O3.HI/c1-24-23(28-12-10-27(11-13-28)22(30)20-9-4-14-31-20)25-16-17-5-2-8-19(15-17)26-21(29)18-6-3-7-18;/h2,4-5,8-9,14-15,18H,3,6-7,10-13,16H2,1H3,(H,24,25)(H,26,29);1H. The molecule has 1 aromatic carbocycles. The molecule has 1 aliphatic carbocycles. The Bertz CT molecular complexity index is 935. The minimum atomic E-state index is -0.0756. The second-order valence-electron chi connectivity index (χ2n) is 7.97. The van der Waals surface area contributed by atoms with Crippen LogP contribution in [0, 0.1) is 5.92 Å². The van der Waals surface area contributed by atoms with Crippen LogP contribution in [0.25, 0.3) is 0 Å². The summed E-state index contributed by atoms with van der Waals surface area (Å²) in [4.78, 5) is 33.0. The Morgan fingerprint density at radius 1 is 1.09 bits per heavy atom. The zero-order valence-corrected chi connectivity index (χ0v) is 20.6. The molecule has 1 saturated heterocycles. The summed E-state index contributed by atoms with van der Waals surface area (Å²) in [6.07, 6.45) is 4.64. The maximum absolute atomic E-state index is 12.4. The number of carbonyl (C=O) groups is 2. The Labute approximate surface area is 205 Å². The Kier molecular flexibility index (Phi) is 8.54. The van der Waals surface area contributed by atoms with E-state index in [-0.39, 0.29) is 41.7 Å². The molecule has 8 nitrogen and oxygen atoms in total. The lowest BCUT2D eigenvalue weighted by Crippen LogP contribution is -2.53. The minimum absolute atomic E-state index is 0. The molecule has 1 aromatic heterocycles. The molecular weight excluding hydrogens is 521 g/mol. The molecule has 0 bridgehead atoms. The van der Waals surface area contributed by atoms with Gasteiger partial charge in [-0.2, -0.15) is 0 Å². The van der Waals surface area contributed by atoms with Gasteiger partial charge in [-0.1, -0.05) is 18.6 Å². The fourth-order valence-corrected chi connectivity index (χ4v) is 3.86. The third-order valence-electron chi connectivity index (χ3n) is 5.93. The van der Waals surface area contributed by atoms with Crippen LogP contribution in [0.3, 0.4) is 0 Å². The highest BCUT2D eigenvalue weighted by Crippen LogP contribution is 2.27. The van der Waals surface area contributed by atoms with Crippen LogP contribution >= 0.6 is 24.0 Å². The number of nitrogens with zero attached hydrogens (tertiary/aromatic N) is 3. The highest BCUT2D eigenvalue weighted by molar-refractivity contribution is 14.0. The topological polar surface area (TPSA) is 90.2 Å². The number of amides is 2. The van der Waals surface area contributed by atoms with Crippen LogP contribution in [-0.4, -0.2) is 60.8 Å². The first kappa shape index (κ1) is 24.1. The van der Waals surface area contributed by atoms with Gasteiger partial charge in [-0.3, -0.25) is 14.6 Å². The van der Waals surface area contributed by atoms with Crippen LogP contribution in [-0.2, 0) is 11.3 Å². The van der Waals surface area contributed by atoms with Gasteiger partial charge in [0.25, 0.3) is 5.91 Å². The lowest BCUT2D eigenvalue weighted by atomic mass is 9.85. The molecule has 2 aliphatic rings. The summed E-state index contributed by atoms with van der Waals surface area (Å²) in [5, 5.41) is 6.42. The number of benzene rings is 1. The highest BCUT2D eigenvalue weighted by Gasteiger charge is 2.26. The first-order valence-electron chi connectivity index (χ1n) is 10.8. The van der Waals surface area contributed by atoms with Gasteiger partial charge in [0.05, 0.1) is 6.26 Å². The van der Waals surface area contributed by atoms with Crippen molar-refractivity contribution in [2.45, 2.75) is 25.8 Å². The predicted molar refractivity (Wildman–Crippen MR) is 134 cm³/mol. The normalized spacial score (nSPS) is 16.7.